The van der Waals surface area contributed by atoms with Gasteiger partial charge in [-0.25, -0.2) is 0 Å². The van der Waals surface area contributed by atoms with E-state index in [4.69, 9.17) is 5.11 Å². The zero-order valence-electron chi connectivity index (χ0n) is 11.1. The van der Waals surface area contributed by atoms with Gasteiger partial charge in [-0.3, -0.25) is 4.79 Å². The second-order valence-corrected chi connectivity index (χ2v) is 5.22. The Morgan fingerprint density at radius 3 is 2.53 bits per heavy atom. The van der Waals surface area contributed by atoms with Gasteiger partial charge in [-0.1, -0.05) is 49.4 Å². The van der Waals surface area contributed by atoms with E-state index in [1.54, 1.807) is 6.92 Å². The zero-order valence-corrected chi connectivity index (χ0v) is 11.1. The van der Waals surface area contributed by atoms with Crippen molar-refractivity contribution in [2.24, 2.45) is 0 Å². The third kappa shape index (κ3) is 1.75. The first kappa shape index (κ1) is 12.0. The van der Waals surface area contributed by atoms with Crippen LogP contribution in [0.4, 0.5) is 0 Å². The highest BCUT2D eigenvalue weighted by Crippen LogP contribution is 2.45. The molecule has 0 amide bonds. The van der Waals surface area contributed by atoms with Crippen LogP contribution < -0.4 is 0 Å². The van der Waals surface area contributed by atoms with Gasteiger partial charge in [0.1, 0.15) is 0 Å². The Kier molecular flexibility index (Phi) is 2.67. The Bertz CT molecular complexity index is 658. The predicted octanol–water partition coefficient (Wildman–Crippen LogP) is 4.01. The van der Waals surface area contributed by atoms with Crippen LogP contribution in [-0.4, -0.2) is 11.1 Å². The van der Waals surface area contributed by atoms with Crippen molar-refractivity contribution in [2.75, 3.05) is 0 Å². The van der Waals surface area contributed by atoms with Crippen molar-refractivity contribution < 1.29 is 9.90 Å². The highest BCUT2D eigenvalue weighted by Gasteiger charge is 2.26. The van der Waals surface area contributed by atoms with Gasteiger partial charge in [0.25, 0.3) is 0 Å². The minimum Gasteiger partial charge on any atom is -0.481 e. The van der Waals surface area contributed by atoms with Crippen LogP contribution in [0.25, 0.3) is 11.1 Å². The summed E-state index contributed by atoms with van der Waals surface area (Å²) in [5, 5.41) is 9.12. The number of carboxylic acids is 1. The first-order valence-corrected chi connectivity index (χ1v) is 6.55. The number of aliphatic carboxylic acids is 1. The second kappa shape index (κ2) is 4.23. The molecular weight excluding hydrogens is 236 g/mol. The van der Waals surface area contributed by atoms with Crippen molar-refractivity contribution in [1.29, 1.82) is 0 Å². The number of fused-ring (bicyclic) bond motifs is 3. The standard InChI is InChI=1S/C17H16O2/c1-10(17(18)19)12-7-8-15-14-6-4-3-5-13(14)11(2)16(15)9-12/h3-11H,1-2H3,(H,18,19). The van der Waals surface area contributed by atoms with Crippen molar-refractivity contribution in [2.45, 2.75) is 25.7 Å². The van der Waals surface area contributed by atoms with Gasteiger partial charge in [-0.15, -0.1) is 0 Å². The molecule has 1 aliphatic rings. The molecule has 0 saturated carbocycles. The van der Waals surface area contributed by atoms with Crippen LogP contribution in [0, 0.1) is 0 Å². The van der Waals surface area contributed by atoms with Crippen LogP contribution in [0.15, 0.2) is 42.5 Å². The van der Waals surface area contributed by atoms with E-state index in [-0.39, 0.29) is 0 Å². The van der Waals surface area contributed by atoms with E-state index in [0.29, 0.717) is 5.92 Å². The molecular formula is C17H16O2. The van der Waals surface area contributed by atoms with Gasteiger partial charge in [-0.2, -0.15) is 0 Å². The van der Waals surface area contributed by atoms with Crippen LogP contribution in [-0.2, 0) is 4.79 Å². The largest absolute Gasteiger partial charge is 0.481 e. The summed E-state index contributed by atoms with van der Waals surface area (Å²) in [4.78, 5) is 11.1. The van der Waals surface area contributed by atoms with Gasteiger partial charge < -0.3 is 5.11 Å². The average Bonchev–Trinajstić information content (AvgIpc) is 2.72. The lowest BCUT2D eigenvalue weighted by Gasteiger charge is -2.11. The van der Waals surface area contributed by atoms with Crippen molar-refractivity contribution in [3.05, 3.63) is 59.2 Å². The maximum Gasteiger partial charge on any atom is 0.310 e. The number of carboxylic acid groups (broad SMARTS) is 1. The van der Waals surface area contributed by atoms with Gasteiger partial charge in [0.15, 0.2) is 0 Å². The van der Waals surface area contributed by atoms with Crippen LogP contribution in [0.1, 0.15) is 42.4 Å². The molecule has 0 aliphatic heterocycles. The number of rotatable bonds is 2. The Morgan fingerprint density at radius 1 is 1.11 bits per heavy atom. The monoisotopic (exact) mass is 252 g/mol. The Hall–Kier alpha value is -2.09. The van der Waals surface area contributed by atoms with E-state index >= 15 is 0 Å². The lowest BCUT2D eigenvalue weighted by atomic mass is 9.93. The topological polar surface area (TPSA) is 37.3 Å². The molecule has 19 heavy (non-hydrogen) atoms. The summed E-state index contributed by atoms with van der Waals surface area (Å²) in [5.74, 6) is -0.892. The molecule has 0 fully saturated rings. The third-order valence-corrected chi connectivity index (χ3v) is 4.13. The fraction of sp³-hybridized carbons (Fsp3) is 0.235. The zero-order chi connectivity index (χ0) is 13.6. The molecule has 2 nitrogen and oxygen atoms in total. The van der Waals surface area contributed by atoms with Gasteiger partial charge in [0, 0.05) is 5.92 Å². The summed E-state index contributed by atoms with van der Waals surface area (Å²) >= 11 is 0. The predicted molar refractivity (Wildman–Crippen MR) is 75.4 cm³/mol. The van der Waals surface area contributed by atoms with Crippen LogP contribution in [0.5, 0.6) is 0 Å². The molecule has 0 heterocycles. The Labute approximate surface area is 112 Å². The quantitative estimate of drug-likeness (QED) is 0.876. The van der Waals surface area contributed by atoms with Crippen molar-refractivity contribution >= 4 is 5.97 Å². The molecule has 0 radical (unpaired) electrons. The molecule has 2 atom stereocenters. The fourth-order valence-electron chi connectivity index (χ4n) is 2.88. The van der Waals surface area contributed by atoms with Gasteiger partial charge in [0.2, 0.25) is 0 Å². The number of hydrogen-bond acceptors (Lipinski definition) is 1. The van der Waals surface area contributed by atoms with Crippen molar-refractivity contribution in [3.63, 3.8) is 0 Å². The molecule has 2 heteroatoms. The van der Waals surface area contributed by atoms with E-state index in [2.05, 4.69) is 43.3 Å². The molecule has 96 valence electrons. The van der Waals surface area contributed by atoms with E-state index in [1.807, 2.05) is 6.07 Å². The maximum atomic E-state index is 11.1. The van der Waals surface area contributed by atoms with E-state index in [0.717, 1.165) is 5.56 Å². The highest BCUT2D eigenvalue weighted by molar-refractivity contribution is 5.81. The SMILES string of the molecule is CC(C(=O)O)c1ccc2c(c1)C(C)c1ccccc1-2. The summed E-state index contributed by atoms with van der Waals surface area (Å²) < 4.78 is 0. The first-order valence-electron chi connectivity index (χ1n) is 6.55. The molecule has 0 bridgehead atoms. The van der Waals surface area contributed by atoms with E-state index in [9.17, 15) is 4.79 Å². The smallest absolute Gasteiger partial charge is 0.310 e. The lowest BCUT2D eigenvalue weighted by Crippen LogP contribution is -2.07. The summed E-state index contributed by atoms with van der Waals surface area (Å²) in [5.41, 5.74) is 5.97. The number of carbonyl (C=O) groups is 1. The maximum absolute atomic E-state index is 11.1. The van der Waals surface area contributed by atoms with Gasteiger partial charge >= 0.3 is 5.97 Å². The van der Waals surface area contributed by atoms with Crippen molar-refractivity contribution in [1.82, 2.24) is 0 Å². The fourth-order valence-corrected chi connectivity index (χ4v) is 2.88. The Morgan fingerprint density at radius 2 is 1.79 bits per heavy atom. The molecule has 0 spiro atoms. The van der Waals surface area contributed by atoms with Gasteiger partial charge in [-0.05, 0) is 34.7 Å². The first-order chi connectivity index (χ1) is 9.09. The van der Waals surface area contributed by atoms with Gasteiger partial charge in [0.05, 0.1) is 5.92 Å². The molecule has 0 saturated heterocycles. The minimum atomic E-state index is -0.775. The highest BCUT2D eigenvalue weighted by atomic mass is 16.4. The molecule has 2 unspecified atom stereocenters. The third-order valence-electron chi connectivity index (χ3n) is 4.13. The van der Waals surface area contributed by atoms with Crippen LogP contribution in [0.3, 0.4) is 0 Å². The Balaban J connectivity index is 2.12. The number of hydrogen-bond donors (Lipinski definition) is 1. The van der Waals surface area contributed by atoms with E-state index in [1.165, 1.54) is 22.3 Å². The number of benzene rings is 2. The van der Waals surface area contributed by atoms with Crippen LogP contribution in [0.2, 0.25) is 0 Å². The average molecular weight is 252 g/mol. The molecule has 1 N–H and O–H groups in total. The molecule has 2 aromatic rings. The molecule has 3 rings (SSSR count). The second-order valence-electron chi connectivity index (χ2n) is 5.22. The minimum absolute atomic E-state index is 0.340. The lowest BCUT2D eigenvalue weighted by molar-refractivity contribution is -0.138. The molecule has 2 aromatic carbocycles. The summed E-state index contributed by atoms with van der Waals surface area (Å²) in [7, 11) is 0. The summed E-state index contributed by atoms with van der Waals surface area (Å²) in [6.45, 7) is 3.91. The summed E-state index contributed by atoms with van der Waals surface area (Å²) in [6, 6.07) is 14.5. The van der Waals surface area contributed by atoms with Crippen LogP contribution >= 0.6 is 0 Å². The normalized spacial score (nSPS) is 17.7. The van der Waals surface area contributed by atoms with Crippen molar-refractivity contribution in [3.8, 4) is 11.1 Å². The van der Waals surface area contributed by atoms with E-state index < -0.39 is 11.9 Å². The molecule has 0 aromatic heterocycles. The summed E-state index contributed by atoms with van der Waals surface area (Å²) in [6.07, 6.45) is 0. The molecule has 1 aliphatic carbocycles.